The van der Waals surface area contributed by atoms with Crippen LogP contribution in [0.1, 0.15) is 6.42 Å². The van der Waals surface area contributed by atoms with Gasteiger partial charge in [-0.3, -0.25) is 0 Å². The average molecular weight is 212 g/mol. The maximum atomic E-state index is 5.87. The fourth-order valence-electron chi connectivity index (χ4n) is 1.43. The Bertz CT molecular complexity index is 319. The van der Waals surface area contributed by atoms with Crippen molar-refractivity contribution in [2.45, 2.75) is 12.5 Å². The van der Waals surface area contributed by atoms with Crippen molar-refractivity contribution in [3.05, 3.63) is 29.8 Å². The van der Waals surface area contributed by atoms with E-state index < -0.39 is 0 Å². The van der Waals surface area contributed by atoms with Gasteiger partial charge in [-0.2, -0.15) is 0 Å². The van der Waals surface area contributed by atoms with Gasteiger partial charge in [0.1, 0.15) is 0 Å². The number of ether oxygens (including phenoxy) is 1. The Morgan fingerprint density at radius 1 is 1.43 bits per heavy atom. The molecule has 1 saturated heterocycles. The van der Waals surface area contributed by atoms with Crippen LogP contribution in [0.5, 0.6) is 0 Å². The Balaban J connectivity index is 2.07. The molecule has 1 aromatic rings. The smallest absolute Gasteiger partial charge is 0.206 e. The van der Waals surface area contributed by atoms with Gasteiger partial charge in [0.25, 0.3) is 0 Å². The highest BCUT2D eigenvalue weighted by Gasteiger charge is 2.27. The lowest BCUT2D eigenvalue weighted by atomic mass is 10.2. The molecule has 2 rings (SSSR count). The fourth-order valence-corrected chi connectivity index (χ4v) is 1.67. The second-order valence-corrected chi connectivity index (χ2v) is 3.60. The van der Waals surface area contributed by atoms with Crippen molar-refractivity contribution >= 4 is 23.0 Å². The molecule has 1 aliphatic heterocycles. The van der Waals surface area contributed by atoms with Gasteiger partial charge in [-0.25, -0.2) is 0 Å². The molecule has 1 unspecified atom stereocenters. The van der Waals surface area contributed by atoms with E-state index in [4.69, 9.17) is 22.1 Å². The van der Waals surface area contributed by atoms with Gasteiger partial charge in [0.05, 0.1) is 24.0 Å². The SMILES string of the molecule is Nc1ccccc1NC1CCO[C]1Cl. The van der Waals surface area contributed by atoms with Gasteiger partial charge in [-0.05, 0) is 18.6 Å². The Labute approximate surface area is 88.2 Å². The van der Waals surface area contributed by atoms with Gasteiger partial charge in [0.15, 0.2) is 0 Å². The summed E-state index contributed by atoms with van der Waals surface area (Å²) in [4.78, 5) is 0. The molecule has 0 spiro atoms. The van der Waals surface area contributed by atoms with E-state index in [1.807, 2.05) is 24.3 Å². The minimum Gasteiger partial charge on any atom is -0.397 e. The van der Waals surface area contributed by atoms with E-state index in [9.17, 15) is 0 Å². The highest BCUT2D eigenvalue weighted by molar-refractivity contribution is 6.26. The van der Waals surface area contributed by atoms with Crippen molar-refractivity contribution in [1.82, 2.24) is 0 Å². The maximum Gasteiger partial charge on any atom is 0.206 e. The van der Waals surface area contributed by atoms with Gasteiger partial charge in [-0.15, -0.1) is 0 Å². The second-order valence-electron chi connectivity index (χ2n) is 3.23. The number of halogens is 1. The minimum absolute atomic E-state index is 0.0707. The number of anilines is 2. The zero-order chi connectivity index (χ0) is 9.97. The normalized spacial score (nSPS) is 22.5. The number of rotatable bonds is 2. The summed E-state index contributed by atoms with van der Waals surface area (Å²) < 4.78 is 5.16. The molecule has 14 heavy (non-hydrogen) atoms. The predicted octanol–water partition coefficient (Wildman–Crippen LogP) is 2.20. The zero-order valence-electron chi connectivity index (χ0n) is 7.66. The molecule has 0 bridgehead atoms. The average Bonchev–Trinajstić information content (AvgIpc) is 2.56. The monoisotopic (exact) mass is 211 g/mol. The molecular weight excluding hydrogens is 200 g/mol. The molecule has 1 fully saturated rings. The molecule has 3 N–H and O–H groups in total. The topological polar surface area (TPSA) is 47.3 Å². The summed E-state index contributed by atoms with van der Waals surface area (Å²) in [5.74, 6) is 0. The number of benzene rings is 1. The number of nitrogens with one attached hydrogen (secondary N) is 1. The van der Waals surface area contributed by atoms with Crippen molar-refractivity contribution in [1.29, 1.82) is 0 Å². The van der Waals surface area contributed by atoms with Gasteiger partial charge >= 0.3 is 0 Å². The van der Waals surface area contributed by atoms with Crippen LogP contribution in [0.25, 0.3) is 0 Å². The van der Waals surface area contributed by atoms with E-state index in [0.717, 1.165) is 17.8 Å². The third kappa shape index (κ3) is 1.94. The third-order valence-corrected chi connectivity index (χ3v) is 2.58. The van der Waals surface area contributed by atoms with E-state index in [1.165, 1.54) is 0 Å². The molecule has 1 heterocycles. The maximum absolute atomic E-state index is 5.87. The highest BCUT2D eigenvalue weighted by atomic mass is 35.5. The van der Waals surface area contributed by atoms with Gasteiger partial charge in [0, 0.05) is 0 Å². The van der Waals surface area contributed by atoms with E-state index in [0.29, 0.717) is 12.2 Å². The van der Waals surface area contributed by atoms with Crippen molar-refractivity contribution in [2.75, 3.05) is 17.7 Å². The standard InChI is InChI=1S/C10H12ClN2O/c11-10-9(5-6-14-10)13-8-4-2-1-3-7(8)12/h1-4,9,13H,5-6,12H2. The van der Waals surface area contributed by atoms with Crippen LogP contribution in [0.4, 0.5) is 11.4 Å². The predicted molar refractivity (Wildman–Crippen MR) is 57.9 cm³/mol. The summed E-state index contributed by atoms with van der Waals surface area (Å²) in [5, 5.41) is 3.24. The molecule has 1 aliphatic rings. The number of para-hydroxylation sites is 2. The summed E-state index contributed by atoms with van der Waals surface area (Å²) in [7, 11) is 0. The molecule has 4 heteroatoms. The lowest BCUT2D eigenvalue weighted by Crippen LogP contribution is -2.20. The van der Waals surface area contributed by atoms with Crippen LogP contribution in [-0.2, 0) is 4.74 Å². The van der Waals surface area contributed by atoms with Gasteiger partial charge in [-0.1, -0.05) is 23.7 Å². The van der Waals surface area contributed by atoms with E-state index in [-0.39, 0.29) is 6.04 Å². The molecule has 1 atom stereocenters. The van der Waals surface area contributed by atoms with E-state index >= 15 is 0 Å². The Kier molecular flexibility index (Phi) is 2.79. The Morgan fingerprint density at radius 3 is 2.86 bits per heavy atom. The summed E-state index contributed by atoms with van der Waals surface area (Å²) in [6.45, 7) is 0.670. The first-order valence-electron chi connectivity index (χ1n) is 4.53. The van der Waals surface area contributed by atoms with Crippen LogP contribution in [-0.4, -0.2) is 12.6 Å². The molecule has 3 nitrogen and oxygen atoms in total. The van der Waals surface area contributed by atoms with Crippen LogP contribution < -0.4 is 11.1 Å². The number of nitrogens with two attached hydrogens (primary N) is 1. The molecule has 75 valence electrons. The molecule has 1 aromatic carbocycles. The van der Waals surface area contributed by atoms with Crippen LogP contribution in [0.3, 0.4) is 0 Å². The fraction of sp³-hybridized carbons (Fsp3) is 0.300. The van der Waals surface area contributed by atoms with E-state index in [2.05, 4.69) is 5.32 Å². The van der Waals surface area contributed by atoms with Crippen LogP contribution >= 0.6 is 11.6 Å². The van der Waals surface area contributed by atoms with Crippen LogP contribution in [0.15, 0.2) is 24.3 Å². The summed E-state index contributed by atoms with van der Waals surface area (Å²) >= 11 is 5.87. The van der Waals surface area contributed by atoms with Crippen molar-refractivity contribution < 1.29 is 4.74 Å². The second kappa shape index (κ2) is 4.07. The van der Waals surface area contributed by atoms with Crippen molar-refractivity contribution in [2.24, 2.45) is 0 Å². The minimum atomic E-state index is 0.0707. The van der Waals surface area contributed by atoms with E-state index in [1.54, 1.807) is 0 Å². The molecule has 0 aromatic heterocycles. The molecule has 0 amide bonds. The molecular formula is C10H12ClN2O. The lowest BCUT2D eigenvalue weighted by molar-refractivity contribution is 0.235. The Hall–Kier alpha value is -0.930. The highest BCUT2D eigenvalue weighted by Crippen LogP contribution is 2.29. The largest absolute Gasteiger partial charge is 0.397 e. The Morgan fingerprint density at radius 2 is 2.21 bits per heavy atom. The van der Waals surface area contributed by atoms with Crippen LogP contribution in [0.2, 0.25) is 0 Å². The van der Waals surface area contributed by atoms with Crippen molar-refractivity contribution in [3.8, 4) is 0 Å². The van der Waals surface area contributed by atoms with Gasteiger partial charge in [0.2, 0.25) is 5.56 Å². The zero-order valence-corrected chi connectivity index (χ0v) is 8.42. The van der Waals surface area contributed by atoms with Gasteiger partial charge < -0.3 is 15.8 Å². The summed E-state index contributed by atoms with van der Waals surface area (Å²) in [6, 6.07) is 7.69. The van der Waals surface area contributed by atoms with Crippen LogP contribution in [0, 0.1) is 5.56 Å². The third-order valence-electron chi connectivity index (χ3n) is 2.21. The summed E-state index contributed by atoms with van der Waals surface area (Å²) in [5.41, 5.74) is 7.94. The lowest BCUT2D eigenvalue weighted by Gasteiger charge is -2.16. The van der Waals surface area contributed by atoms with Crippen molar-refractivity contribution in [3.63, 3.8) is 0 Å². The number of hydrogen-bond donors (Lipinski definition) is 2. The molecule has 0 saturated carbocycles. The first-order valence-corrected chi connectivity index (χ1v) is 4.91. The first-order chi connectivity index (χ1) is 6.77. The summed E-state index contributed by atoms with van der Waals surface area (Å²) in [6.07, 6.45) is 0.882. The number of hydrogen-bond acceptors (Lipinski definition) is 3. The molecule has 1 radical (unpaired) electrons. The quantitative estimate of drug-likeness (QED) is 0.738. The number of nitrogen functional groups attached to an aromatic ring is 1. The molecule has 0 aliphatic carbocycles. The first kappa shape index (κ1) is 9.62.